The Kier molecular flexibility index (Phi) is 3.77. The van der Waals surface area contributed by atoms with Crippen LogP contribution in [0.3, 0.4) is 0 Å². The maximum atomic E-state index is 12.5. The summed E-state index contributed by atoms with van der Waals surface area (Å²) >= 11 is 3.39. The Bertz CT molecular complexity index is 630. The lowest BCUT2D eigenvalue weighted by atomic mass is 10.1. The molecular formula is C14H13BrF3N3. The van der Waals surface area contributed by atoms with E-state index < -0.39 is 11.7 Å². The summed E-state index contributed by atoms with van der Waals surface area (Å²) in [5.74, 6) is 1.69. The maximum Gasteiger partial charge on any atom is 0.416 e. The van der Waals surface area contributed by atoms with Gasteiger partial charge < -0.3 is 4.57 Å². The number of halogens is 4. The summed E-state index contributed by atoms with van der Waals surface area (Å²) in [6.45, 7) is 0. The van der Waals surface area contributed by atoms with E-state index in [1.807, 2.05) is 0 Å². The molecule has 0 radical (unpaired) electrons. The number of benzene rings is 1. The number of hydrogen-bond donors (Lipinski definition) is 0. The highest BCUT2D eigenvalue weighted by atomic mass is 79.9. The normalized spacial score (nSPS) is 15.4. The molecule has 0 spiro atoms. The molecule has 1 aromatic heterocycles. The third-order valence-corrected chi connectivity index (χ3v) is 4.01. The van der Waals surface area contributed by atoms with Crippen LogP contribution in [0.2, 0.25) is 0 Å². The SMILES string of the molecule is FC(F)(F)c1ccc(Cc2nnc(CBr)n2C2CC2)cc1. The Labute approximate surface area is 128 Å². The van der Waals surface area contributed by atoms with E-state index in [0.717, 1.165) is 42.2 Å². The Balaban J connectivity index is 1.82. The molecule has 7 heteroatoms. The van der Waals surface area contributed by atoms with E-state index in [2.05, 4.69) is 30.7 Å². The van der Waals surface area contributed by atoms with Gasteiger partial charge in [0, 0.05) is 12.5 Å². The molecule has 0 unspecified atom stereocenters. The molecule has 1 aliphatic carbocycles. The molecule has 1 aromatic carbocycles. The van der Waals surface area contributed by atoms with E-state index in [1.165, 1.54) is 12.1 Å². The number of rotatable bonds is 4. The predicted molar refractivity (Wildman–Crippen MR) is 75.2 cm³/mol. The van der Waals surface area contributed by atoms with Gasteiger partial charge in [0.25, 0.3) is 0 Å². The first-order valence-electron chi connectivity index (χ1n) is 6.64. The van der Waals surface area contributed by atoms with Crippen LogP contribution < -0.4 is 0 Å². The van der Waals surface area contributed by atoms with Crippen LogP contribution in [0.15, 0.2) is 24.3 Å². The van der Waals surface area contributed by atoms with E-state index in [-0.39, 0.29) is 0 Å². The van der Waals surface area contributed by atoms with Gasteiger partial charge in [0.2, 0.25) is 0 Å². The number of alkyl halides is 4. The molecule has 1 heterocycles. The largest absolute Gasteiger partial charge is 0.416 e. The lowest BCUT2D eigenvalue weighted by Gasteiger charge is -2.09. The molecule has 0 bridgehead atoms. The van der Waals surface area contributed by atoms with Crippen molar-refractivity contribution in [3.8, 4) is 0 Å². The van der Waals surface area contributed by atoms with Crippen molar-refractivity contribution in [2.24, 2.45) is 0 Å². The Morgan fingerprint density at radius 2 is 1.71 bits per heavy atom. The van der Waals surface area contributed by atoms with E-state index in [4.69, 9.17) is 0 Å². The highest BCUT2D eigenvalue weighted by Crippen LogP contribution is 2.37. The van der Waals surface area contributed by atoms with Crippen LogP contribution >= 0.6 is 15.9 Å². The van der Waals surface area contributed by atoms with E-state index in [1.54, 1.807) is 0 Å². The van der Waals surface area contributed by atoms with Crippen LogP contribution in [-0.4, -0.2) is 14.8 Å². The van der Waals surface area contributed by atoms with Gasteiger partial charge >= 0.3 is 6.18 Å². The van der Waals surface area contributed by atoms with Crippen LogP contribution in [0.4, 0.5) is 13.2 Å². The second kappa shape index (κ2) is 5.44. The van der Waals surface area contributed by atoms with Gasteiger partial charge in [-0.2, -0.15) is 13.2 Å². The number of hydrogen-bond acceptors (Lipinski definition) is 2. The van der Waals surface area contributed by atoms with Crippen LogP contribution in [-0.2, 0) is 17.9 Å². The van der Waals surface area contributed by atoms with Gasteiger partial charge in [-0.15, -0.1) is 10.2 Å². The highest BCUT2D eigenvalue weighted by Gasteiger charge is 2.31. The van der Waals surface area contributed by atoms with Crippen LogP contribution in [0.25, 0.3) is 0 Å². The molecule has 112 valence electrons. The van der Waals surface area contributed by atoms with Crippen molar-refractivity contribution in [1.82, 2.24) is 14.8 Å². The van der Waals surface area contributed by atoms with Crippen LogP contribution in [0.1, 0.15) is 41.7 Å². The van der Waals surface area contributed by atoms with Gasteiger partial charge in [0.05, 0.1) is 10.9 Å². The zero-order valence-electron chi connectivity index (χ0n) is 11.1. The van der Waals surface area contributed by atoms with Crippen molar-refractivity contribution in [1.29, 1.82) is 0 Å². The van der Waals surface area contributed by atoms with Crippen LogP contribution in [0, 0.1) is 0 Å². The van der Waals surface area contributed by atoms with Crippen molar-refractivity contribution in [2.75, 3.05) is 0 Å². The zero-order chi connectivity index (χ0) is 15.0. The van der Waals surface area contributed by atoms with E-state index in [0.29, 0.717) is 17.8 Å². The third kappa shape index (κ3) is 3.12. The molecule has 1 aliphatic rings. The Morgan fingerprint density at radius 3 is 2.24 bits per heavy atom. The standard InChI is InChI=1S/C14H13BrF3N3/c15-8-13-20-19-12(21(13)11-5-6-11)7-9-1-3-10(4-2-9)14(16,17)18/h1-4,11H,5-8H2. The summed E-state index contributed by atoms with van der Waals surface area (Å²) in [5.41, 5.74) is 0.175. The fraction of sp³-hybridized carbons (Fsp3) is 0.429. The average Bonchev–Trinajstić information content (AvgIpc) is 3.20. The number of nitrogens with zero attached hydrogens (tertiary/aromatic N) is 3. The van der Waals surface area contributed by atoms with Crippen molar-refractivity contribution in [3.63, 3.8) is 0 Å². The van der Waals surface area contributed by atoms with Crippen molar-refractivity contribution in [2.45, 2.75) is 36.8 Å². The molecule has 0 N–H and O–H groups in total. The highest BCUT2D eigenvalue weighted by molar-refractivity contribution is 9.08. The third-order valence-electron chi connectivity index (χ3n) is 3.51. The van der Waals surface area contributed by atoms with Gasteiger partial charge in [-0.1, -0.05) is 28.1 Å². The first kappa shape index (κ1) is 14.6. The predicted octanol–water partition coefficient (Wildman–Crippen LogP) is 4.12. The molecule has 0 atom stereocenters. The molecule has 3 nitrogen and oxygen atoms in total. The first-order chi connectivity index (χ1) is 9.99. The quantitative estimate of drug-likeness (QED) is 0.768. The lowest BCUT2D eigenvalue weighted by Crippen LogP contribution is -2.07. The molecule has 3 rings (SSSR count). The second-order valence-corrected chi connectivity index (χ2v) is 5.70. The fourth-order valence-corrected chi connectivity index (χ4v) is 2.70. The lowest BCUT2D eigenvalue weighted by molar-refractivity contribution is -0.137. The van der Waals surface area contributed by atoms with Gasteiger partial charge in [-0.25, -0.2) is 0 Å². The topological polar surface area (TPSA) is 30.7 Å². The number of aromatic nitrogens is 3. The van der Waals surface area contributed by atoms with Gasteiger partial charge in [0.15, 0.2) is 0 Å². The molecule has 0 amide bonds. The minimum atomic E-state index is -4.30. The maximum absolute atomic E-state index is 12.5. The summed E-state index contributed by atoms with van der Waals surface area (Å²) in [6, 6.07) is 5.67. The molecule has 1 saturated carbocycles. The first-order valence-corrected chi connectivity index (χ1v) is 7.76. The van der Waals surface area contributed by atoms with Gasteiger partial charge in [-0.3, -0.25) is 0 Å². The van der Waals surface area contributed by atoms with Crippen LogP contribution in [0.5, 0.6) is 0 Å². The van der Waals surface area contributed by atoms with Crippen molar-refractivity contribution >= 4 is 15.9 Å². The summed E-state index contributed by atoms with van der Waals surface area (Å²) in [7, 11) is 0. The Hall–Kier alpha value is -1.37. The smallest absolute Gasteiger partial charge is 0.311 e. The van der Waals surface area contributed by atoms with Gasteiger partial charge in [0.1, 0.15) is 11.6 Å². The molecular weight excluding hydrogens is 347 g/mol. The zero-order valence-corrected chi connectivity index (χ0v) is 12.7. The minimum absolute atomic E-state index is 0.442. The van der Waals surface area contributed by atoms with Crippen molar-refractivity contribution < 1.29 is 13.2 Å². The second-order valence-electron chi connectivity index (χ2n) is 5.14. The summed E-state index contributed by atoms with van der Waals surface area (Å²) in [5, 5.41) is 8.94. The van der Waals surface area contributed by atoms with Crippen molar-refractivity contribution in [3.05, 3.63) is 47.0 Å². The molecule has 0 aliphatic heterocycles. The minimum Gasteiger partial charge on any atom is -0.311 e. The summed E-state index contributed by atoms with van der Waals surface area (Å²) < 4.78 is 39.7. The fourth-order valence-electron chi connectivity index (χ4n) is 2.32. The monoisotopic (exact) mass is 359 g/mol. The summed E-state index contributed by atoms with van der Waals surface area (Å²) in [6.07, 6.45) is -1.58. The average molecular weight is 360 g/mol. The molecule has 1 fully saturated rings. The van der Waals surface area contributed by atoms with E-state index >= 15 is 0 Å². The molecule has 0 saturated heterocycles. The van der Waals surface area contributed by atoms with E-state index in [9.17, 15) is 13.2 Å². The molecule has 21 heavy (non-hydrogen) atoms. The Morgan fingerprint density at radius 1 is 1.10 bits per heavy atom. The summed E-state index contributed by atoms with van der Waals surface area (Å²) in [4.78, 5) is 0. The molecule has 2 aromatic rings. The van der Waals surface area contributed by atoms with Gasteiger partial charge in [-0.05, 0) is 30.5 Å².